The van der Waals surface area contributed by atoms with Gasteiger partial charge in [0.15, 0.2) is 0 Å². The van der Waals surface area contributed by atoms with Gasteiger partial charge in [0.05, 0.1) is 0 Å². The largest absolute Gasteiger partial charge is 0.480 e. The van der Waals surface area contributed by atoms with E-state index in [1.54, 1.807) is 0 Å². The van der Waals surface area contributed by atoms with Gasteiger partial charge in [-0.2, -0.15) is 0 Å². The van der Waals surface area contributed by atoms with Gasteiger partial charge in [0.25, 0.3) is 0 Å². The summed E-state index contributed by atoms with van der Waals surface area (Å²) in [5.41, 5.74) is -0.282. The molecule has 0 spiro atoms. The first-order valence-corrected chi connectivity index (χ1v) is 6.85. The van der Waals surface area contributed by atoms with Crippen molar-refractivity contribution in [1.29, 1.82) is 0 Å². The molecule has 0 aromatic rings. The topological polar surface area (TPSA) is 57.6 Å². The Hall–Kier alpha value is -1.06. The zero-order valence-electron chi connectivity index (χ0n) is 13.4. The second-order valence-electron chi connectivity index (χ2n) is 7.62. The Labute approximate surface area is 117 Å². The molecule has 0 bridgehead atoms. The number of carboxylic acids is 1. The molecule has 0 aromatic heterocycles. The highest BCUT2D eigenvalue weighted by Gasteiger charge is 2.29. The molecule has 0 aliphatic carbocycles. The van der Waals surface area contributed by atoms with Gasteiger partial charge < -0.3 is 10.0 Å². The van der Waals surface area contributed by atoms with E-state index in [0.717, 1.165) is 6.42 Å². The molecule has 0 rings (SSSR count). The van der Waals surface area contributed by atoms with Crippen molar-refractivity contribution in [2.45, 2.75) is 66.8 Å². The minimum absolute atomic E-state index is 0.0772. The van der Waals surface area contributed by atoms with Crippen molar-refractivity contribution < 1.29 is 14.7 Å². The molecule has 4 nitrogen and oxygen atoms in total. The third-order valence-corrected chi connectivity index (χ3v) is 2.89. The van der Waals surface area contributed by atoms with Gasteiger partial charge in [0.2, 0.25) is 5.91 Å². The zero-order valence-corrected chi connectivity index (χ0v) is 13.4. The van der Waals surface area contributed by atoms with E-state index in [9.17, 15) is 9.59 Å². The van der Waals surface area contributed by atoms with Crippen LogP contribution in [0.25, 0.3) is 0 Å². The van der Waals surface area contributed by atoms with Gasteiger partial charge in [-0.05, 0) is 38.5 Å². The van der Waals surface area contributed by atoms with Crippen LogP contribution in [0.2, 0.25) is 0 Å². The van der Waals surface area contributed by atoms with Gasteiger partial charge in [-0.15, -0.1) is 0 Å². The highest BCUT2D eigenvalue weighted by atomic mass is 16.4. The second kappa shape index (κ2) is 6.40. The minimum atomic E-state index is -0.966. The summed E-state index contributed by atoms with van der Waals surface area (Å²) < 4.78 is 0. The third-order valence-electron chi connectivity index (χ3n) is 2.89. The summed E-state index contributed by atoms with van der Waals surface area (Å²) in [5.74, 6) is -0.787. The highest BCUT2D eigenvalue weighted by Crippen LogP contribution is 2.27. The minimum Gasteiger partial charge on any atom is -0.480 e. The van der Waals surface area contributed by atoms with E-state index in [-0.39, 0.29) is 23.8 Å². The summed E-state index contributed by atoms with van der Waals surface area (Å²) in [6, 6.07) is 0. The quantitative estimate of drug-likeness (QED) is 0.835. The lowest BCUT2D eigenvalue weighted by atomic mass is 9.84. The fourth-order valence-electron chi connectivity index (χ4n) is 2.36. The Kier molecular flexibility index (Phi) is 6.04. The average Bonchev–Trinajstić information content (AvgIpc) is 2.08. The van der Waals surface area contributed by atoms with Crippen LogP contribution in [-0.2, 0) is 9.59 Å². The summed E-state index contributed by atoms with van der Waals surface area (Å²) in [5, 5.41) is 8.92. The van der Waals surface area contributed by atoms with Gasteiger partial charge in [-0.3, -0.25) is 9.59 Å². The van der Waals surface area contributed by atoms with Crippen LogP contribution in [0.5, 0.6) is 0 Å². The Bertz CT molecular complexity index is 323. The standard InChI is InChI=1S/C15H29NO3/c1-11(9-14(2,3)4)8-12(17)16(10-13(18)19)15(5,6)7/h11H,8-10H2,1-7H3,(H,18,19). The monoisotopic (exact) mass is 271 g/mol. The summed E-state index contributed by atoms with van der Waals surface area (Å²) in [7, 11) is 0. The molecule has 19 heavy (non-hydrogen) atoms. The zero-order chi connectivity index (χ0) is 15.4. The Morgan fingerprint density at radius 3 is 1.89 bits per heavy atom. The molecule has 0 fully saturated rings. The number of amides is 1. The highest BCUT2D eigenvalue weighted by molar-refractivity contribution is 5.82. The molecule has 0 aliphatic heterocycles. The van der Waals surface area contributed by atoms with E-state index in [2.05, 4.69) is 20.8 Å². The van der Waals surface area contributed by atoms with Crippen LogP contribution < -0.4 is 0 Å². The fourth-order valence-corrected chi connectivity index (χ4v) is 2.36. The first-order chi connectivity index (χ1) is 8.33. The molecule has 1 amide bonds. The van der Waals surface area contributed by atoms with Crippen LogP contribution >= 0.6 is 0 Å². The van der Waals surface area contributed by atoms with Crippen molar-refractivity contribution >= 4 is 11.9 Å². The molecule has 0 radical (unpaired) electrons. The Morgan fingerprint density at radius 1 is 1.11 bits per heavy atom. The maximum atomic E-state index is 12.3. The molecule has 1 atom stereocenters. The number of hydrogen-bond acceptors (Lipinski definition) is 2. The first-order valence-electron chi connectivity index (χ1n) is 6.85. The summed E-state index contributed by atoms with van der Waals surface area (Å²) in [6.45, 7) is 13.8. The average molecular weight is 271 g/mol. The van der Waals surface area contributed by atoms with Crippen molar-refractivity contribution in [1.82, 2.24) is 4.90 Å². The molecular weight excluding hydrogens is 242 g/mol. The normalized spacial score (nSPS) is 14.1. The molecule has 1 unspecified atom stereocenters. The molecule has 0 saturated heterocycles. The Balaban J connectivity index is 4.70. The van der Waals surface area contributed by atoms with E-state index >= 15 is 0 Å². The number of hydrogen-bond donors (Lipinski definition) is 1. The molecule has 4 heteroatoms. The molecule has 1 N–H and O–H groups in total. The van der Waals surface area contributed by atoms with E-state index < -0.39 is 11.5 Å². The summed E-state index contributed by atoms with van der Waals surface area (Å²) in [6.07, 6.45) is 1.35. The first kappa shape index (κ1) is 17.9. The molecule has 112 valence electrons. The van der Waals surface area contributed by atoms with Crippen molar-refractivity contribution in [3.8, 4) is 0 Å². The number of nitrogens with zero attached hydrogens (tertiary/aromatic N) is 1. The molecule has 0 aliphatic rings. The second-order valence-corrected chi connectivity index (χ2v) is 7.62. The molecule has 0 saturated carbocycles. The number of aliphatic carboxylic acids is 1. The van der Waals surface area contributed by atoms with Crippen molar-refractivity contribution in [3.63, 3.8) is 0 Å². The number of rotatable bonds is 5. The fraction of sp³-hybridized carbons (Fsp3) is 0.867. The van der Waals surface area contributed by atoms with Crippen LogP contribution in [0.3, 0.4) is 0 Å². The van der Waals surface area contributed by atoms with Crippen molar-refractivity contribution in [2.75, 3.05) is 6.54 Å². The van der Waals surface area contributed by atoms with Crippen molar-refractivity contribution in [3.05, 3.63) is 0 Å². The van der Waals surface area contributed by atoms with Crippen molar-refractivity contribution in [2.24, 2.45) is 11.3 Å². The van der Waals surface area contributed by atoms with Crippen LogP contribution in [0.1, 0.15) is 61.3 Å². The smallest absolute Gasteiger partial charge is 0.323 e. The SMILES string of the molecule is CC(CC(=O)N(CC(=O)O)C(C)(C)C)CC(C)(C)C. The number of carbonyl (C=O) groups excluding carboxylic acids is 1. The maximum Gasteiger partial charge on any atom is 0.323 e. The molecular formula is C15H29NO3. The van der Waals surface area contributed by atoms with Crippen LogP contribution in [0.4, 0.5) is 0 Å². The van der Waals surface area contributed by atoms with Crippen LogP contribution in [-0.4, -0.2) is 34.0 Å². The van der Waals surface area contributed by atoms with Gasteiger partial charge in [0.1, 0.15) is 6.54 Å². The van der Waals surface area contributed by atoms with Gasteiger partial charge in [-0.25, -0.2) is 0 Å². The lowest BCUT2D eigenvalue weighted by Crippen LogP contribution is -2.48. The lowest BCUT2D eigenvalue weighted by Gasteiger charge is -2.35. The third kappa shape index (κ3) is 7.85. The van der Waals surface area contributed by atoms with Crippen LogP contribution in [0, 0.1) is 11.3 Å². The van der Waals surface area contributed by atoms with E-state index in [0.29, 0.717) is 6.42 Å². The predicted molar refractivity (Wildman–Crippen MR) is 77.0 cm³/mol. The summed E-state index contributed by atoms with van der Waals surface area (Å²) >= 11 is 0. The van der Waals surface area contributed by atoms with E-state index in [4.69, 9.17) is 5.11 Å². The molecule has 0 heterocycles. The van der Waals surface area contributed by atoms with Gasteiger partial charge in [0, 0.05) is 12.0 Å². The van der Waals surface area contributed by atoms with E-state index in [1.165, 1.54) is 4.90 Å². The predicted octanol–water partition coefficient (Wildman–Crippen LogP) is 3.16. The Morgan fingerprint density at radius 2 is 1.58 bits per heavy atom. The summed E-state index contributed by atoms with van der Waals surface area (Å²) in [4.78, 5) is 24.6. The number of carbonyl (C=O) groups is 2. The number of carboxylic acid groups (broad SMARTS) is 1. The van der Waals surface area contributed by atoms with Gasteiger partial charge >= 0.3 is 5.97 Å². The van der Waals surface area contributed by atoms with E-state index in [1.807, 2.05) is 27.7 Å². The van der Waals surface area contributed by atoms with Crippen LogP contribution in [0.15, 0.2) is 0 Å². The molecule has 0 aromatic carbocycles. The lowest BCUT2D eigenvalue weighted by molar-refractivity contribution is -0.148. The maximum absolute atomic E-state index is 12.3. The van der Waals surface area contributed by atoms with Gasteiger partial charge in [-0.1, -0.05) is 27.7 Å².